The van der Waals surface area contributed by atoms with Gasteiger partial charge in [0.05, 0.1) is 0 Å². The molecule has 100 valence electrons. The van der Waals surface area contributed by atoms with E-state index in [-0.39, 0.29) is 11.8 Å². The SMILES string of the molecule is CC[C@H](C)[C@H](NC(=O)C(C)n1cccn1)C(=O)O. The number of amides is 1. The van der Waals surface area contributed by atoms with Gasteiger partial charge in [0, 0.05) is 12.4 Å². The van der Waals surface area contributed by atoms with Gasteiger partial charge in [0.1, 0.15) is 12.1 Å². The average Bonchev–Trinajstić information content (AvgIpc) is 2.87. The van der Waals surface area contributed by atoms with E-state index < -0.39 is 18.1 Å². The molecule has 0 aliphatic carbocycles. The molecule has 1 heterocycles. The summed E-state index contributed by atoms with van der Waals surface area (Å²) in [7, 11) is 0. The maximum atomic E-state index is 11.9. The Hall–Kier alpha value is -1.85. The monoisotopic (exact) mass is 253 g/mol. The zero-order valence-corrected chi connectivity index (χ0v) is 10.8. The number of rotatable bonds is 6. The predicted molar refractivity (Wildman–Crippen MR) is 66.0 cm³/mol. The first-order chi connectivity index (χ1) is 8.47. The van der Waals surface area contributed by atoms with Crippen LogP contribution in [0.3, 0.4) is 0 Å². The summed E-state index contributed by atoms with van der Waals surface area (Å²) >= 11 is 0. The molecule has 1 aromatic heterocycles. The molecule has 0 aromatic carbocycles. The Bertz CT molecular complexity index is 403. The molecule has 2 N–H and O–H groups in total. The summed E-state index contributed by atoms with van der Waals surface area (Å²) in [4.78, 5) is 23.0. The van der Waals surface area contributed by atoms with E-state index >= 15 is 0 Å². The summed E-state index contributed by atoms with van der Waals surface area (Å²) in [5.74, 6) is -1.46. The average molecular weight is 253 g/mol. The van der Waals surface area contributed by atoms with Crippen LogP contribution >= 0.6 is 0 Å². The highest BCUT2D eigenvalue weighted by Crippen LogP contribution is 2.10. The first-order valence-electron chi connectivity index (χ1n) is 5.99. The van der Waals surface area contributed by atoms with Crippen molar-refractivity contribution in [2.45, 2.75) is 39.3 Å². The molecule has 6 heteroatoms. The van der Waals surface area contributed by atoms with E-state index in [1.54, 1.807) is 32.3 Å². The van der Waals surface area contributed by atoms with Crippen molar-refractivity contribution in [1.82, 2.24) is 15.1 Å². The van der Waals surface area contributed by atoms with Crippen LogP contribution in [0.2, 0.25) is 0 Å². The molecule has 0 fully saturated rings. The van der Waals surface area contributed by atoms with Gasteiger partial charge in [-0.3, -0.25) is 9.48 Å². The number of carboxylic acids is 1. The standard InChI is InChI=1S/C12H19N3O3/c1-4-8(2)10(12(17)18)14-11(16)9(3)15-7-5-6-13-15/h5-10H,4H2,1-3H3,(H,14,16)(H,17,18)/t8-,9?,10-/m0/s1. The van der Waals surface area contributed by atoms with Gasteiger partial charge in [-0.2, -0.15) is 5.10 Å². The van der Waals surface area contributed by atoms with E-state index in [9.17, 15) is 9.59 Å². The number of hydrogen-bond donors (Lipinski definition) is 2. The van der Waals surface area contributed by atoms with Crippen LogP contribution in [0.4, 0.5) is 0 Å². The van der Waals surface area contributed by atoms with Gasteiger partial charge >= 0.3 is 5.97 Å². The Morgan fingerprint density at radius 3 is 2.56 bits per heavy atom. The number of aromatic nitrogens is 2. The second-order valence-electron chi connectivity index (χ2n) is 4.37. The van der Waals surface area contributed by atoms with E-state index in [4.69, 9.17) is 5.11 Å². The van der Waals surface area contributed by atoms with E-state index in [1.807, 2.05) is 6.92 Å². The Morgan fingerprint density at radius 2 is 2.11 bits per heavy atom. The number of carboxylic acid groups (broad SMARTS) is 1. The van der Waals surface area contributed by atoms with Crippen LogP contribution in [-0.2, 0) is 9.59 Å². The first kappa shape index (κ1) is 14.2. The normalized spacial score (nSPS) is 15.7. The van der Waals surface area contributed by atoms with Gasteiger partial charge in [-0.15, -0.1) is 0 Å². The Kier molecular flexibility index (Phi) is 4.88. The number of nitrogens with one attached hydrogen (secondary N) is 1. The minimum Gasteiger partial charge on any atom is -0.480 e. The molecule has 1 unspecified atom stereocenters. The van der Waals surface area contributed by atoms with Crippen molar-refractivity contribution < 1.29 is 14.7 Å². The number of hydrogen-bond acceptors (Lipinski definition) is 3. The van der Waals surface area contributed by atoms with E-state index in [0.717, 1.165) is 0 Å². The maximum Gasteiger partial charge on any atom is 0.326 e. The van der Waals surface area contributed by atoms with E-state index in [0.29, 0.717) is 6.42 Å². The van der Waals surface area contributed by atoms with Crippen LogP contribution in [0.1, 0.15) is 33.2 Å². The molecule has 0 bridgehead atoms. The molecule has 6 nitrogen and oxygen atoms in total. The largest absolute Gasteiger partial charge is 0.480 e. The number of aliphatic carboxylic acids is 1. The first-order valence-corrected chi connectivity index (χ1v) is 5.99. The topological polar surface area (TPSA) is 84.2 Å². The molecular weight excluding hydrogens is 234 g/mol. The highest BCUT2D eigenvalue weighted by atomic mass is 16.4. The molecule has 0 radical (unpaired) electrons. The third-order valence-corrected chi connectivity index (χ3v) is 3.08. The summed E-state index contributed by atoms with van der Waals surface area (Å²) < 4.78 is 1.49. The lowest BCUT2D eigenvalue weighted by Crippen LogP contribution is -2.47. The van der Waals surface area contributed by atoms with Crippen molar-refractivity contribution in [2.24, 2.45) is 5.92 Å². The Morgan fingerprint density at radius 1 is 1.44 bits per heavy atom. The summed E-state index contributed by atoms with van der Waals surface area (Å²) in [6, 6.07) is 0.332. The lowest BCUT2D eigenvalue weighted by atomic mass is 9.99. The highest BCUT2D eigenvalue weighted by molar-refractivity contribution is 5.85. The third-order valence-electron chi connectivity index (χ3n) is 3.08. The molecule has 1 aromatic rings. The van der Waals surface area contributed by atoms with E-state index in [2.05, 4.69) is 10.4 Å². The maximum absolute atomic E-state index is 11.9. The van der Waals surface area contributed by atoms with E-state index in [1.165, 1.54) is 4.68 Å². The zero-order valence-electron chi connectivity index (χ0n) is 10.8. The van der Waals surface area contributed by atoms with Gasteiger partial charge < -0.3 is 10.4 Å². The van der Waals surface area contributed by atoms with Gasteiger partial charge in [0.15, 0.2) is 0 Å². The molecule has 0 aliphatic heterocycles. The lowest BCUT2D eigenvalue weighted by Gasteiger charge is -2.22. The van der Waals surface area contributed by atoms with Crippen molar-refractivity contribution in [3.63, 3.8) is 0 Å². The van der Waals surface area contributed by atoms with Crippen molar-refractivity contribution >= 4 is 11.9 Å². The molecule has 1 rings (SSSR count). The van der Waals surface area contributed by atoms with Gasteiger partial charge in [-0.1, -0.05) is 20.3 Å². The summed E-state index contributed by atoms with van der Waals surface area (Å²) in [5, 5.41) is 15.6. The third kappa shape index (κ3) is 3.32. The lowest BCUT2D eigenvalue weighted by molar-refractivity contribution is -0.143. The summed E-state index contributed by atoms with van der Waals surface area (Å²) in [5.41, 5.74) is 0. The Balaban J connectivity index is 2.70. The number of nitrogens with zero attached hydrogens (tertiary/aromatic N) is 2. The molecule has 0 saturated heterocycles. The second kappa shape index (κ2) is 6.18. The van der Waals surface area contributed by atoms with Crippen LogP contribution in [0.15, 0.2) is 18.5 Å². The van der Waals surface area contributed by atoms with Gasteiger partial charge in [0.2, 0.25) is 5.91 Å². The van der Waals surface area contributed by atoms with Crippen LogP contribution in [0.5, 0.6) is 0 Å². The van der Waals surface area contributed by atoms with Crippen molar-refractivity contribution in [2.75, 3.05) is 0 Å². The fourth-order valence-electron chi connectivity index (χ4n) is 1.59. The Labute approximate surface area is 106 Å². The molecule has 1 amide bonds. The van der Waals surface area contributed by atoms with Crippen LogP contribution in [-0.4, -0.2) is 32.8 Å². The van der Waals surface area contributed by atoms with Gasteiger partial charge in [-0.05, 0) is 18.9 Å². The molecule has 18 heavy (non-hydrogen) atoms. The molecule has 0 spiro atoms. The molecule has 0 saturated carbocycles. The molecule has 0 aliphatic rings. The fourth-order valence-corrected chi connectivity index (χ4v) is 1.59. The van der Waals surface area contributed by atoms with Gasteiger partial charge in [0.25, 0.3) is 0 Å². The minimum atomic E-state index is -1.01. The zero-order chi connectivity index (χ0) is 13.7. The molecule has 3 atom stereocenters. The van der Waals surface area contributed by atoms with Crippen molar-refractivity contribution in [3.05, 3.63) is 18.5 Å². The fraction of sp³-hybridized carbons (Fsp3) is 0.583. The summed E-state index contributed by atoms with van der Waals surface area (Å²) in [6.07, 6.45) is 3.93. The summed E-state index contributed by atoms with van der Waals surface area (Å²) in [6.45, 7) is 5.37. The number of carbonyl (C=O) groups excluding carboxylic acids is 1. The quantitative estimate of drug-likeness (QED) is 0.794. The predicted octanol–water partition coefficient (Wildman–Crippen LogP) is 1.06. The van der Waals surface area contributed by atoms with Crippen molar-refractivity contribution in [1.29, 1.82) is 0 Å². The minimum absolute atomic E-state index is 0.115. The molecular formula is C12H19N3O3. The second-order valence-corrected chi connectivity index (χ2v) is 4.37. The smallest absolute Gasteiger partial charge is 0.326 e. The van der Waals surface area contributed by atoms with Crippen LogP contribution in [0.25, 0.3) is 0 Å². The van der Waals surface area contributed by atoms with Crippen LogP contribution < -0.4 is 5.32 Å². The van der Waals surface area contributed by atoms with Crippen LogP contribution in [0, 0.1) is 5.92 Å². The van der Waals surface area contributed by atoms with Gasteiger partial charge in [-0.25, -0.2) is 4.79 Å². The number of carbonyl (C=O) groups is 2. The van der Waals surface area contributed by atoms with Crippen molar-refractivity contribution in [3.8, 4) is 0 Å². The highest BCUT2D eigenvalue weighted by Gasteiger charge is 2.27.